The van der Waals surface area contributed by atoms with E-state index in [1.807, 2.05) is 13.8 Å². The van der Waals surface area contributed by atoms with Crippen LogP contribution < -0.4 is 10.0 Å². The van der Waals surface area contributed by atoms with E-state index in [0.29, 0.717) is 13.1 Å². The summed E-state index contributed by atoms with van der Waals surface area (Å²) in [6.07, 6.45) is 1.88. The summed E-state index contributed by atoms with van der Waals surface area (Å²) in [6.45, 7) is 7.49. The van der Waals surface area contributed by atoms with Crippen LogP contribution in [0, 0.1) is 5.92 Å². The maximum atomic E-state index is 12.0. The van der Waals surface area contributed by atoms with Gasteiger partial charge in [0.2, 0.25) is 0 Å². The highest BCUT2D eigenvalue weighted by atomic mass is 32.2. The molecule has 1 heterocycles. The Morgan fingerprint density at radius 1 is 1.42 bits per heavy atom. The molecular weight excluding hydrogens is 266 g/mol. The van der Waals surface area contributed by atoms with Gasteiger partial charge in [0.25, 0.3) is 10.2 Å². The fourth-order valence-corrected chi connectivity index (χ4v) is 3.10. The molecular formula is C12H27N3O3S. The van der Waals surface area contributed by atoms with E-state index in [-0.39, 0.29) is 12.0 Å². The zero-order chi connectivity index (χ0) is 14.3. The zero-order valence-corrected chi connectivity index (χ0v) is 13.0. The van der Waals surface area contributed by atoms with E-state index in [9.17, 15) is 8.42 Å². The molecule has 7 heteroatoms. The molecule has 0 bridgehead atoms. The van der Waals surface area contributed by atoms with Crippen molar-refractivity contribution in [3.63, 3.8) is 0 Å². The minimum Gasteiger partial charge on any atom is -0.378 e. The van der Waals surface area contributed by atoms with Crippen LogP contribution >= 0.6 is 0 Å². The normalized spacial score (nSPS) is 24.2. The van der Waals surface area contributed by atoms with Crippen molar-refractivity contribution in [2.45, 2.75) is 32.8 Å². The molecule has 0 saturated carbocycles. The summed E-state index contributed by atoms with van der Waals surface area (Å²) in [7, 11) is -1.74. The smallest absolute Gasteiger partial charge is 0.279 e. The lowest BCUT2D eigenvalue weighted by Crippen LogP contribution is -2.42. The van der Waals surface area contributed by atoms with Crippen LogP contribution in [-0.2, 0) is 14.9 Å². The van der Waals surface area contributed by atoms with Crippen LogP contribution in [0.4, 0.5) is 0 Å². The van der Waals surface area contributed by atoms with Crippen molar-refractivity contribution in [1.82, 2.24) is 14.3 Å². The van der Waals surface area contributed by atoms with Gasteiger partial charge in [-0.1, -0.05) is 6.92 Å². The lowest BCUT2D eigenvalue weighted by molar-refractivity contribution is 0.106. The van der Waals surface area contributed by atoms with E-state index in [1.165, 1.54) is 4.31 Å². The minimum atomic E-state index is -3.36. The fraction of sp³-hybridized carbons (Fsp3) is 1.00. The Labute approximate surface area is 117 Å². The lowest BCUT2D eigenvalue weighted by atomic mass is 10.0. The van der Waals surface area contributed by atoms with Gasteiger partial charge in [-0.2, -0.15) is 12.7 Å². The van der Waals surface area contributed by atoms with Gasteiger partial charge in [-0.25, -0.2) is 4.72 Å². The van der Waals surface area contributed by atoms with Gasteiger partial charge in [0.15, 0.2) is 0 Å². The van der Waals surface area contributed by atoms with Crippen LogP contribution in [0.1, 0.15) is 26.7 Å². The van der Waals surface area contributed by atoms with Gasteiger partial charge in [-0.05, 0) is 32.9 Å². The maximum absolute atomic E-state index is 12.0. The number of nitrogens with zero attached hydrogens (tertiary/aromatic N) is 1. The first-order valence-corrected chi connectivity index (χ1v) is 8.44. The predicted octanol–water partition coefficient (Wildman–Crippen LogP) is 0.177. The predicted molar refractivity (Wildman–Crippen MR) is 76.2 cm³/mol. The number of ether oxygens (including phenoxy) is 1. The second-order valence-corrected chi connectivity index (χ2v) is 6.87. The summed E-state index contributed by atoms with van der Waals surface area (Å²) in [5.74, 6) is 0.282. The second-order valence-electron chi connectivity index (χ2n) is 5.01. The Kier molecular flexibility index (Phi) is 7.23. The van der Waals surface area contributed by atoms with Crippen LogP contribution in [0.15, 0.2) is 0 Å². The van der Waals surface area contributed by atoms with Crippen molar-refractivity contribution in [2.75, 3.05) is 39.8 Å². The van der Waals surface area contributed by atoms with Gasteiger partial charge in [-0.3, -0.25) is 0 Å². The van der Waals surface area contributed by atoms with Crippen LogP contribution in [0.3, 0.4) is 0 Å². The molecule has 0 amide bonds. The third kappa shape index (κ3) is 5.74. The highest BCUT2D eigenvalue weighted by Gasteiger charge is 2.26. The molecule has 0 aromatic heterocycles. The molecule has 1 fully saturated rings. The van der Waals surface area contributed by atoms with Crippen LogP contribution in [0.25, 0.3) is 0 Å². The van der Waals surface area contributed by atoms with Gasteiger partial charge >= 0.3 is 0 Å². The highest BCUT2D eigenvalue weighted by Crippen LogP contribution is 2.19. The summed E-state index contributed by atoms with van der Waals surface area (Å²) in [5.41, 5.74) is 0. The molecule has 0 aromatic rings. The van der Waals surface area contributed by atoms with Crippen molar-refractivity contribution < 1.29 is 13.2 Å². The first kappa shape index (κ1) is 16.8. The van der Waals surface area contributed by atoms with Crippen molar-refractivity contribution in [2.24, 2.45) is 5.92 Å². The number of rotatable bonds is 9. The minimum absolute atomic E-state index is 0.141. The SMILES string of the molecule is CCNCCCN(C)S(=O)(=O)NCC1CCOC1C. The molecule has 0 spiro atoms. The van der Waals surface area contributed by atoms with Crippen LogP contribution in [-0.4, -0.2) is 58.7 Å². The monoisotopic (exact) mass is 293 g/mol. The molecule has 0 aromatic carbocycles. The first-order valence-electron chi connectivity index (χ1n) is 7.00. The molecule has 1 rings (SSSR count). The van der Waals surface area contributed by atoms with Gasteiger partial charge < -0.3 is 10.1 Å². The topological polar surface area (TPSA) is 70.7 Å². The zero-order valence-electron chi connectivity index (χ0n) is 12.2. The molecule has 1 saturated heterocycles. The molecule has 19 heavy (non-hydrogen) atoms. The molecule has 1 aliphatic rings. The number of hydrogen-bond acceptors (Lipinski definition) is 4. The van der Waals surface area contributed by atoms with Crippen molar-refractivity contribution in [3.05, 3.63) is 0 Å². The van der Waals surface area contributed by atoms with Gasteiger partial charge in [0.1, 0.15) is 0 Å². The van der Waals surface area contributed by atoms with Gasteiger partial charge in [-0.15, -0.1) is 0 Å². The Hall–Kier alpha value is -0.210. The van der Waals surface area contributed by atoms with Gasteiger partial charge in [0.05, 0.1) is 6.10 Å². The molecule has 1 aliphatic heterocycles. The molecule has 2 N–H and O–H groups in total. The summed E-state index contributed by atoms with van der Waals surface area (Å²) in [4.78, 5) is 0. The van der Waals surface area contributed by atoms with E-state index in [1.54, 1.807) is 7.05 Å². The molecule has 0 radical (unpaired) electrons. The Morgan fingerprint density at radius 2 is 2.16 bits per heavy atom. The van der Waals surface area contributed by atoms with E-state index in [4.69, 9.17) is 4.74 Å². The van der Waals surface area contributed by atoms with Crippen LogP contribution in [0.5, 0.6) is 0 Å². The lowest BCUT2D eigenvalue weighted by Gasteiger charge is -2.20. The summed E-state index contributed by atoms with van der Waals surface area (Å²) in [5, 5.41) is 3.18. The second kappa shape index (κ2) is 8.16. The standard InChI is InChI=1S/C12H27N3O3S/c1-4-13-7-5-8-15(3)19(16,17)14-10-12-6-9-18-11(12)2/h11-14H,4-10H2,1-3H3. The summed E-state index contributed by atoms with van der Waals surface area (Å²) < 4.78 is 33.5. The fourth-order valence-electron chi connectivity index (χ4n) is 2.09. The third-order valence-electron chi connectivity index (χ3n) is 3.55. The Bertz CT molecular complexity index is 348. The molecule has 0 aliphatic carbocycles. The average molecular weight is 293 g/mol. The van der Waals surface area contributed by atoms with Crippen molar-refractivity contribution >= 4 is 10.2 Å². The maximum Gasteiger partial charge on any atom is 0.279 e. The Balaban J connectivity index is 2.29. The molecule has 2 atom stereocenters. The van der Waals surface area contributed by atoms with Crippen molar-refractivity contribution in [1.29, 1.82) is 0 Å². The quantitative estimate of drug-likeness (QED) is 0.595. The largest absolute Gasteiger partial charge is 0.378 e. The average Bonchev–Trinajstić information content (AvgIpc) is 2.77. The van der Waals surface area contributed by atoms with E-state index in [0.717, 1.165) is 32.5 Å². The highest BCUT2D eigenvalue weighted by molar-refractivity contribution is 7.87. The van der Waals surface area contributed by atoms with E-state index < -0.39 is 10.2 Å². The molecule has 6 nitrogen and oxygen atoms in total. The third-order valence-corrected chi connectivity index (χ3v) is 5.08. The Morgan fingerprint density at radius 3 is 2.74 bits per heavy atom. The van der Waals surface area contributed by atoms with Gasteiger partial charge in [0, 0.05) is 32.7 Å². The summed E-state index contributed by atoms with van der Waals surface area (Å²) in [6, 6.07) is 0. The first-order chi connectivity index (χ1) is 8.97. The molecule has 2 unspecified atom stereocenters. The summed E-state index contributed by atoms with van der Waals surface area (Å²) >= 11 is 0. The molecule has 114 valence electrons. The van der Waals surface area contributed by atoms with E-state index >= 15 is 0 Å². The van der Waals surface area contributed by atoms with E-state index in [2.05, 4.69) is 10.0 Å². The number of hydrogen-bond donors (Lipinski definition) is 2. The van der Waals surface area contributed by atoms with Crippen LogP contribution in [0.2, 0.25) is 0 Å². The number of nitrogens with one attached hydrogen (secondary N) is 2. The van der Waals surface area contributed by atoms with Crippen molar-refractivity contribution in [3.8, 4) is 0 Å².